The lowest BCUT2D eigenvalue weighted by Crippen LogP contribution is -2.25. The second-order valence-corrected chi connectivity index (χ2v) is 9.24. The van der Waals surface area contributed by atoms with Crippen LogP contribution in [0.5, 0.6) is 0 Å². The summed E-state index contributed by atoms with van der Waals surface area (Å²) in [6, 6.07) is 15.5. The summed E-state index contributed by atoms with van der Waals surface area (Å²) in [5, 5.41) is 3.47. The number of hydrogen-bond donors (Lipinski definition) is 1. The number of rotatable bonds is 15. The predicted molar refractivity (Wildman–Crippen MR) is 139 cm³/mol. The van der Waals surface area contributed by atoms with Gasteiger partial charge >= 0.3 is 0 Å². The Balaban J connectivity index is 1.46. The van der Waals surface area contributed by atoms with Crippen LogP contribution in [0.1, 0.15) is 87.3 Å². The van der Waals surface area contributed by atoms with Crippen molar-refractivity contribution >= 4 is 28.5 Å². The summed E-state index contributed by atoms with van der Waals surface area (Å²) in [5.74, 6) is 0.992. The number of carbonyl (C=O) groups excluding carboxylic acids is 1. The summed E-state index contributed by atoms with van der Waals surface area (Å²) < 4.78 is 2.38. The first-order chi connectivity index (χ1) is 16.2. The maximum atomic E-state index is 12.4. The average Bonchev–Trinajstić information content (AvgIpc) is 3.18. The summed E-state index contributed by atoms with van der Waals surface area (Å²) in [7, 11) is 0. The number of amides is 1. The minimum atomic E-state index is -0.121. The molecule has 3 rings (SSSR count). The number of imidazole rings is 1. The summed E-state index contributed by atoms with van der Waals surface area (Å²) >= 11 is 6.13. The van der Waals surface area contributed by atoms with Crippen LogP contribution in [0.2, 0.25) is 5.02 Å². The molecule has 0 unspecified atom stereocenters. The maximum Gasteiger partial charge on any atom is 0.252 e. The van der Waals surface area contributed by atoms with Gasteiger partial charge in [0.25, 0.3) is 5.91 Å². The van der Waals surface area contributed by atoms with Gasteiger partial charge in [0.1, 0.15) is 5.82 Å². The van der Waals surface area contributed by atoms with Crippen LogP contribution >= 0.6 is 11.6 Å². The molecule has 178 valence electrons. The van der Waals surface area contributed by atoms with E-state index in [0.717, 1.165) is 30.7 Å². The fraction of sp³-hybridized carbons (Fsp3) is 0.500. The minimum Gasteiger partial charge on any atom is -0.352 e. The number of aryl methyl sites for hydroxylation is 2. The molecule has 1 N–H and O–H groups in total. The number of carbonyl (C=O) groups is 1. The van der Waals surface area contributed by atoms with E-state index in [2.05, 4.69) is 35.0 Å². The lowest BCUT2D eigenvalue weighted by atomic mass is 10.1. The molecule has 1 aromatic heterocycles. The highest BCUT2D eigenvalue weighted by atomic mass is 35.5. The van der Waals surface area contributed by atoms with E-state index in [9.17, 15) is 4.79 Å². The Bertz CT molecular complexity index is 998. The van der Waals surface area contributed by atoms with E-state index in [1.807, 2.05) is 18.2 Å². The van der Waals surface area contributed by atoms with Gasteiger partial charge in [-0.1, -0.05) is 94.2 Å². The van der Waals surface area contributed by atoms with Crippen molar-refractivity contribution in [1.82, 2.24) is 14.9 Å². The van der Waals surface area contributed by atoms with Crippen LogP contribution in [0.25, 0.3) is 11.0 Å². The third-order valence-electron chi connectivity index (χ3n) is 6.20. The summed E-state index contributed by atoms with van der Waals surface area (Å²) in [5.41, 5.74) is 2.80. The van der Waals surface area contributed by atoms with Crippen molar-refractivity contribution in [2.45, 2.75) is 84.1 Å². The van der Waals surface area contributed by atoms with Gasteiger partial charge in [0.05, 0.1) is 21.6 Å². The molecule has 0 saturated heterocycles. The SMILES string of the molecule is CCCCCCCCCCCn1c(CCCNC(=O)c2ccccc2Cl)nc2ccccc21. The molecular weight excluding hydrogens is 430 g/mol. The molecule has 2 aromatic carbocycles. The Morgan fingerprint density at radius 2 is 1.55 bits per heavy atom. The van der Waals surface area contributed by atoms with Gasteiger partial charge in [0.15, 0.2) is 0 Å². The number of halogens is 1. The average molecular weight is 468 g/mol. The van der Waals surface area contributed by atoms with Crippen molar-refractivity contribution in [3.05, 3.63) is 64.9 Å². The molecule has 0 radical (unpaired) electrons. The van der Waals surface area contributed by atoms with Gasteiger partial charge in [-0.3, -0.25) is 4.79 Å². The number of aromatic nitrogens is 2. The van der Waals surface area contributed by atoms with Crippen molar-refractivity contribution in [2.75, 3.05) is 6.54 Å². The number of benzene rings is 2. The standard InChI is InChI=1S/C28H38ClN3O/c1-2-3-4-5-6-7-8-9-14-22-32-26-19-13-12-18-25(26)31-27(32)20-15-21-30-28(33)23-16-10-11-17-24(23)29/h10-13,16-19H,2-9,14-15,20-22H2,1H3,(H,30,33). The summed E-state index contributed by atoms with van der Waals surface area (Å²) in [6.45, 7) is 3.88. The topological polar surface area (TPSA) is 46.9 Å². The minimum absolute atomic E-state index is 0.121. The van der Waals surface area contributed by atoms with Gasteiger partial charge in [0, 0.05) is 19.5 Å². The molecule has 3 aromatic rings. The quantitative estimate of drug-likeness (QED) is 0.234. The number of nitrogens with zero attached hydrogens (tertiary/aromatic N) is 2. The van der Waals surface area contributed by atoms with Crippen molar-refractivity contribution in [3.63, 3.8) is 0 Å². The Hall–Kier alpha value is -2.33. The normalized spacial score (nSPS) is 11.2. The zero-order chi connectivity index (χ0) is 23.3. The largest absolute Gasteiger partial charge is 0.352 e. The zero-order valence-electron chi connectivity index (χ0n) is 20.0. The molecule has 4 nitrogen and oxygen atoms in total. The van der Waals surface area contributed by atoms with E-state index >= 15 is 0 Å². The second kappa shape index (κ2) is 14.0. The van der Waals surface area contributed by atoms with Gasteiger partial charge in [-0.25, -0.2) is 4.98 Å². The number of fused-ring (bicyclic) bond motifs is 1. The number of unbranched alkanes of at least 4 members (excludes halogenated alkanes) is 8. The molecular formula is C28H38ClN3O. The van der Waals surface area contributed by atoms with Gasteiger partial charge in [-0.2, -0.15) is 0 Å². The monoisotopic (exact) mass is 467 g/mol. The molecule has 1 amide bonds. The van der Waals surface area contributed by atoms with Gasteiger partial charge < -0.3 is 9.88 Å². The number of para-hydroxylation sites is 2. The molecule has 0 bridgehead atoms. The molecule has 0 aliphatic rings. The first-order valence-electron chi connectivity index (χ1n) is 12.7. The molecule has 0 spiro atoms. The lowest BCUT2D eigenvalue weighted by Gasteiger charge is -2.10. The maximum absolute atomic E-state index is 12.4. The van der Waals surface area contributed by atoms with Gasteiger partial charge in [-0.15, -0.1) is 0 Å². The third-order valence-corrected chi connectivity index (χ3v) is 6.53. The van der Waals surface area contributed by atoms with E-state index in [4.69, 9.17) is 16.6 Å². The molecule has 0 fully saturated rings. The van der Waals surface area contributed by atoms with Gasteiger partial charge in [0.2, 0.25) is 0 Å². The highest BCUT2D eigenvalue weighted by Gasteiger charge is 2.12. The predicted octanol–water partition coefficient (Wildman–Crippen LogP) is 7.58. The van der Waals surface area contributed by atoms with E-state index in [-0.39, 0.29) is 5.91 Å². The molecule has 33 heavy (non-hydrogen) atoms. The molecule has 5 heteroatoms. The van der Waals surface area contributed by atoms with Crippen LogP contribution in [-0.4, -0.2) is 22.0 Å². The Labute approximate surface area is 203 Å². The Kier molecular flexibility index (Phi) is 10.8. The lowest BCUT2D eigenvalue weighted by molar-refractivity contribution is 0.0953. The van der Waals surface area contributed by atoms with Crippen molar-refractivity contribution in [1.29, 1.82) is 0 Å². The zero-order valence-corrected chi connectivity index (χ0v) is 20.7. The smallest absolute Gasteiger partial charge is 0.252 e. The fourth-order valence-corrected chi connectivity index (χ4v) is 4.56. The second-order valence-electron chi connectivity index (χ2n) is 8.84. The molecule has 0 saturated carbocycles. The molecule has 0 aliphatic heterocycles. The van der Waals surface area contributed by atoms with Crippen molar-refractivity contribution in [3.8, 4) is 0 Å². The molecule has 0 atom stereocenters. The van der Waals surface area contributed by atoms with Crippen molar-refractivity contribution < 1.29 is 4.79 Å². The van der Waals surface area contributed by atoms with Crippen LogP contribution in [0.3, 0.4) is 0 Å². The van der Waals surface area contributed by atoms with Crippen LogP contribution in [0.4, 0.5) is 0 Å². The van der Waals surface area contributed by atoms with Crippen LogP contribution in [-0.2, 0) is 13.0 Å². The first-order valence-corrected chi connectivity index (χ1v) is 13.1. The van der Waals surface area contributed by atoms with Crippen LogP contribution < -0.4 is 5.32 Å². The van der Waals surface area contributed by atoms with E-state index in [0.29, 0.717) is 17.1 Å². The fourth-order valence-electron chi connectivity index (χ4n) is 4.34. The van der Waals surface area contributed by atoms with E-state index < -0.39 is 0 Å². The highest BCUT2D eigenvalue weighted by molar-refractivity contribution is 6.33. The van der Waals surface area contributed by atoms with Crippen LogP contribution in [0.15, 0.2) is 48.5 Å². The third kappa shape index (κ3) is 7.89. The van der Waals surface area contributed by atoms with Gasteiger partial charge in [-0.05, 0) is 37.1 Å². The summed E-state index contributed by atoms with van der Waals surface area (Å²) in [6.07, 6.45) is 13.7. The highest BCUT2D eigenvalue weighted by Crippen LogP contribution is 2.19. The Morgan fingerprint density at radius 1 is 0.879 bits per heavy atom. The Morgan fingerprint density at radius 3 is 2.30 bits per heavy atom. The first kappa shape index (κ1) is 25.3. The van der Waals surface area contributed by atoms with Crippen molar-refractivity contribution in [2.24, 2.45) is 0 Å². The van der Waals surface area contributed by atoms with Crippen LogP contribution in [0, 0.1) is 0 Å². The number of hydrogen-bond acceptors (Lipinski definition) is 2. The number of nitrogens with one attached hydrogen (secondary N) is 1. The van der Waals surface area contributed by atoms with E-state index in [1.54, 1.807) is 12.1 Å². The summed E-state index contributed by atoms with van der Waals surface area (Å²) in [4.78, 5) is 17.3. The van der Waals surface area contributed by atoms with E-state index in [1.165, 1.54) is 63.3 Å². The molecule has 0 aliphatic carbocycles. The molecule has 1 heterocycles.